The molecule has 1 aromatic rings. The summed E-state index contributed by atoms with van der Waals surface area (Å²) in [5.41, 5.74) is 7.00. The average Bonchev–Trinajstić information content (AvgIpc) is 2.45. The molecular weight excluding hydrogens is 252 g/mol. The second-order valence-electron chi connectivity index (χ2n) is 5.79. The smallest absolute Gasteiger partial charge is 0.255 e. The van der Waals surface area contributed by atoms with Gasteiger partial charge < -0.3 is 15.4 Å². The number of hydrogen-bond donors (Lipinski definition) is 1. The summed E-state index contributed by atoms with van der Waals surface area (Å²) >= 11 is 0. The number of anilines is 1. The van der Waals surface area contributed by atoms with E-state index in [1.807, 2.05) is 11.9 Å². The first kappa shape index (κ1) is 14.7. The van der Waals surface area contributed by atoms with Crippen LogP contribution in [-0.2, 0) is 0 Å². The van der Waals surface area contributed by atoms with Gasteiger partial charge in [0.05, 0.1) is 12.7 Å². The number of nitrogens with zero attached hydrogens (tertiary/aromatic N) is 1. The maximum absolute atomic E-state index is 12.6. The van der Waals surface area contributed by atoms with Crippen molar-refractivity contribution in [1.29, 1.82) is 0 Å². The van der Waals surface area contributed by atoms with E-state index in [-0.39, 0.29) is 5.91 Å². The summed E-state index contributed by atoms with van der Waals surface area (Å²) in [6, 6.07) is 5.55. The van der Waals surface area contributed by atoms with Crippen molar-refractivity contribution in [2.24, 2.45) is 5.92 Å². The molecule has 1 aliphatic rings. The lowest BCUT2D eigenvalue weighted by Gasteiger charge is -2.34. The molecule has 1 saturated carbocycles. The first-order valence-corrected chi connectivity index (χ1v) is 7.23. The Morgan fingerprint density at radius 1 is 1.40 bits per heavy atom. The van der Waals surface area contributed by atoms with Crippen molar-refractivity contribution in [2.75, 3.05) is 19.9 Å². The minimum atomic E-state index is 0.00394. The molecular formula is C16H24N2O2. The molecule has 0 spiro atoms. The van der Waals surface area contributed by atoms with Crippen LogP contribution in [0, 0.1) is 5.92 Å². The Balaban J connectivity index is 2.13. The fourth-order valence-corrected chi connectivity index (χ4v) is 2.97. The van der Waals surface area contributed by atoms with Crippen LogP contribution < -0.4 is 10.5 Å². The lowest BCUT2D eigenvalue weighted by Crippen LogP contribution is -2.40. The predicted molar refractivity (Wildman–Crippen MR) is 80.9 cm³/mol. The Morgan fingerprint density at radius 3 is 2.75 bits per heavy atom. The molecule has 0 bridgehead atoms. The summed E-state index contributed by atoms with van der Waals surface area (Å²) in [6.07, 6.45) is 4.63. The number of methoxy groups -OCH3 is 1. The largest absolute Gasteiger partial charge is 0.497 e. The Morgan fingerprint density at radius 2 is 2.15 bits per heavy atom. The summed E-state index contributed by atoms with van der Waals surface area (Å²) < 4.78 is 5.12. The number of amides is 1. The molecule has 2 rings (SSSR count). The van der Waals surface area contributed by atoms with E-state index >= 15 is 0 Å². The van der Waals surface area contributed by atoms with Gasteiger partial charge in [-0.25, -0.2) is 0 Å². The van der Waals surface area contributed by atoms with Gasteiger partial charge >= 0.3 is 0 Å². The van der Waals surface area contributed by atoms with Crippen LogP contribution in [0.15, 0.2) is 18.2 Å². The minimum Gasteiger partial charge on any atom is -0.497 e. The van der Waals surface area contributed by atoms with Crippen LogP contribution in [0.25, 0.3) is 0 Å². The summed E-state index contributed by atoms with van der Waals surface area (Å²) in [5, 5.41) is 0. The topological polar surface area (TPSA) is 55.6 Å². The van der Waals surface area contributed by atoms with Crippen LogP contribution in [0.3, 0.4) is 0 Å². The number of nitrogen functional groups attached to an aromatic ring is 1. The molecule has 1 aromatic carbocycles. The van der Waals surface area contributed by atoms with E-state index in [0.717, 1.165) is 12.8 Å². The SMILES string of the molecule is COc1ccc(C(=O)N(C)C2CCCC(C)C2)c(N)c1. The first-order chi connectivity index (χ1) is 9.52. The number of hydrogen-bond acceptors (Lipinski definition) is 3. The Bertz CT molecular complexity index is 487. The van der Waals surface area contributed by atoms with Gasteiger partial charge in [0.1, 0.15) is 5.75 Å². The molecule has 0 radical (unpaired) electrons. The zero-order chi connectivity index (χ0) is 14.7. The van der Waals surface area contributed by atoms with Crippen LogP contribution in [0.4, 0.5) is 5.69 Å². The van der Waals surface area contributed by atoms with Gasteiger partial charge in [-0.15, -0.1) is 0 Å². The van der Waals surface area contributed by atoms with Crippen molar-refractivity contribution in [3.05, 3.63) is 23.8 Å². The Kier molecular flexibility index (Phi) is 4.53. The molecule has 110 valence electrons. The molecule has 1 aliphatic carbocycles. The summed E-state index contributed by atoms with van der Waals surface area (Å²) in [5.74, 6) is 1.37. The quantitative estimate of drug-likeness (QED) is 0.864. The van der Waals surface area contributed by atoms with E-state index in [9.17, 15) is 4.79 Å². The van der Waals surface area contributed by atoms with Crippen molar-refractivity contribution in [3.63, 3.8) is 0 Å². The Labute approximate surface area is 120 Å². The monoisotopic (exact) mass is 276 g/mol. The van der Waals surface area contributed by atoms with Gasteiger partial charge in [0.15, 0.2) is 0 Å². The van der Waals surface area contributed by atoms with Crippen LogP contribution in [-0.4, -0.2) is 31.0 Å². The summed E-state index contributed by atoms with van der Waals surface area (Å²) in [7, 11) is 3.47. The van der Waals surface area contributed by atoms with Gasteiger partial charge in [-0.2, -0.15) is 0 Å². The van der Waals surface area contributed by atoms with Gasteiger partial charge in [-0.05, 0) is 30.9 Å². The van der Waals surface area contributed by atoms with Gasteiger partial charge in [-0.3, -0.25) is 4.79 Å². The molecule has 20 heavy (non-hydrogen) atoms. The molecule has 2 atom stereocenters. The molecule has 0 aliphatic heterocycles. The molecule has 4 nitrogen and oxygen atoms in total. The normalized spacial score (nSPS) is 22.4. The number of benzene rings is 1. The van der Waals surface area contributed by atoms with Crippen molar-refractivity contribution in [2.45, 2.75) is 38.6 Å². The van der Waals surface area contributed by atoms with E-state index in [2.05, 4.69) is 6.92 Å². The highest BCUT2D eigenvalue weighted by Crippen LogP contribution is 2.28. The summed E-state index contributed by atoms with van der Waals surface area (Å²) in [4.78, 5) is 14.4. The standard InChI is InChI=1S/C16H24N2O2/c1-11-5-4-6-12(9-11)18(2)16(19)14-8-7-13(20-3)10-15(14)17/h7-8,10-12H,4-6,9,17H2,1-3H3. The Hall–Kier alpha value is -1.71. The third-order valence-electron chi connectivity index (χ3n) is 4.27. The number of carbonyl (C=O) groups excluding carboxylic acids is 1. The highest BCUT2D eigenvalue weighted by molar-refractivity contribution is 5.99. The van der Waals surface area contributed by atoms with Gasteiger partial charge in [0.2, 0.25) is 0 Å². The zero-order valence-corrected chi connectivity index (χ0v) is 12.6. The lowest BCUT2D eigenvalue weighted by atomic mass is 9.86. The lowest BCUT2D eigenvalue weighted by molar-refractivity contribution is 0.0673. The fourth-order valence-electron chi connectivity index (χ4n) is 2.97. The predicted octanol–water partition coefficient (Wildman–Crippen LogP) is 2.93. The molecule has 0 aromatic heterocycles. The number of carbonyl (C=O) groups is 1. The van der Waals surface area contributed by atoms with E-state index in [1.165, 1.54) is 12.8 Å². The first-order valence-electron chi connectivity index (χ1n) is 7.23. The van der Waals surface area contributed by atoms with Crippen molar-refractivity contribution >= 4 is 11.6 Å². The zero-order valence-electron chi connectivity index (χ0n) is 12.6. The highest BCUT2D eigenvalue weighted by Gasteiger charge is 2.26. The van der Waals surface area contributed by atoms with Crippen LogP contribution in [0.1, 0.15) is 43.0 Å². The molecule has 4 heteroatoms. The molecule has 1 fully saturated rings. The van der Waals surface area contributed by atoms with Gasteiger partial charge in [0, 0.05) is 24.8 Å². The third-order valence-corrected chi connectivity index (χ3v) is 4.27. The van der Waals surface area contributed by atoms with Crippen LogP contribution in [0.5, 0.6) is 5.75 Å². The van der Waals surface area contributed by atoms with Crippen molar-refractivity contribution in [1.82, 2.24) is 4.90 Å². The summed E-state index contributed by atoms with van der Waals surface area (Å²) in [6.45, 7) is 2.26. The van der Waals surface area contributed by atoms with E-state index in [4.69, 9.17) is 10.5 Å². The third kappa shape index (κ3) is 3.06. The second-order valence-corrected chi connectivity index (χ2v) is 5.79. The number of nitrogens with two attached hydrogens (primary N) is 1. The van der Waals surface area contributed by atoms with Crippen molar-refractivity contribution in [3.8, 4) is 5.75 Å². The maximum atomic E-state index is 12.6. The fraction of sp³-hybridized carbons (Fsp3) is 0.562. The molecule has 2 unspecified atom stereocenters. The second kappa shape index (κ2) is 6.16. The van der Waals surface area contributed by atoms with Crippen molar-refractivity contribution < 1.29 is 9.53 Å². The minimum absolute atomic E-state index is 0.00394. The maximum Gasteiger partial charge on any atom is 0.255 e. The van der Waals surface area contributed by atoms with Crippen LogP contribution in [0.2, 0.25) is 0 Å². The van der Waals surface area contributed by atoms with E-state index in [0.29, 0.717) is 29.0 Å². The highest BCUT2D eigenvalue weighted by atomic mass is 16.5. The average molecular weight is 276 g/mol. The molecule has 0 heterocycles. The van der Waals surface area contributed by atoms with Gasteiger partial charge in [-0.1, -0.05) is 19.8 Å². The molecule has 2 N–H and O–H groups in total. The van der Waals surface area contributed by atoms with E-state index in [1.54, 1.807) is 25.3 Å². The molecule has 1 amide bonds. The number of ether oxygens (including phenoxy) is 1. The van der Waals surface area contributed by atoms with E-state index < -0.39 is 0 Å². The van der Waals surface area contributed by atoms with Gasteiger partial charge in [0.25, 0.3) is 5.91 Å². The molecule has 0 saturated heterocycles. The number of rotatable bonds is 3. The van der Waals surface area contributed by atoms with Crippen LogP contribution >= 0.6 is 0 Å².